The van der Waals surface area contributed by atoms with Gasteiger partial charge in [-0.2, -0.15) is 5.10 Å². The maximum absolute atomic E-state index is 13.2. The van der Waals surface area contributed by atoms with Gasteiger partial charge in [0.15, 0.2) is 11.5 Å². The highest BCUT2D eigenvalue weighted by atomic mass is 16.6. The Morgan fingerprint density at radius 3 is 2.63 bits per heavy atom. The van der Waals surface area contributed by atoms with E-state index in [-0.39, 0.29) is 35.4 Å². The van der Waals surface area contributed by atoms with Gasteiger partial charge in [0.05, 0.1) is 30.7 Å². The third-order valence-corrected chi connectivity index (χ3v) is 6.78. The zero-order valence-electron chi connectivity index (χ0n) is 19.2. The van der Waals surface area contributed by atoms with Crippen LogP contribution in [0.25, 0.3) is 10.8 Å². The summed E-state index contributed by atoms with van der Waals surface area (Å²) in [4.78, 5) is 51.1. The zero-order chi connectivity index (χ0) is 24.9. The number of ether oxygens (including phenoxy) is 2. The van der Waals surface area contributed by atoms with E-state index in [4.69, 9.17) is 9.47 Å². The molecule has 1 saturated heterocycles. The van der Waals surface area contributed by atoms with Crippen LogP contribution >= 0.6 is 0 Å². The lowest BCUT2D eigenvalue weighted by atomic mass is 9.83. The largest absolute Gasteiger partial charge is 0.493 e. The Balaban J connectivity index is 1.42. The summed E-state index contributed by atoms with van der Waals surface area (Å²) in [5.41, 5.74) is -0.839. The molecule has 35 heavy (non-hydrogen) atoms. The fourth-order valence-corrected chi connectivity index (χ4v) is 5.20. The molecule has 2 aliphatic heterocycles. The van der Waals surface area contributed by atoms with Crippen molar-refractivity contribution >= 4 is 22.4 Å². The van der Waals surface area contributed by atoms with Crippen molar-refractivity contribution in [3.05, 3.63) is 67.0 Å². The van der Waals surface area contributed by atoms with E-state index in [0.717, 1.165) is 11.1 Å². The summed E-state index contributed by atoms with van der Waals surface area (Å²) in [6.45, 7) is 0.804. The minimum atomic E-state index is -0.672. The topological polar surface area (TPSA) is 139 Å². The first kappa shape index (κ1) is 22.6. The standard InChI is InChI=1S/C23H23N5O7/c1-34-18-6-3-14-8-24-27(23(31)20(14)21(18)35-2)12-19(29)25-9-13-7-15(11-25)16-4-5-17(28(32)33)22(30)26(16)10-13/h3-6,8,13,15H,7,9-12H2,1-2H3. The number of methoxy groups -OCH3 is 2. The second-order valence-electron chi connectivity index (χ2n) is 8.79. The lowest BCUT2D eigenvalue weighted by molar-refractivity contribution is -0.386. The summed E-state index contributed by atoms with van der Waals surface area (Å²) in [6, 6.07) is 6.22. The van der Waals surface area contributed by atoms with E-state index in [9.17, 15) is 24.5 Å². The third-order valence-electron chi connectivity index (χ3n) is 6.78. The van der Waals surface area contributed by atoms with Crippen molar-refractivity contribution in [1.29, 1.82) is 0 Å². The van der Waals surface area contributed by atoms with E-state index in [1.807, 2.05) is 0 Å². The molecule has 3 aromatic rings. The van der Waals surface area contributed by atoms with Crippen LogP contribution in [0.15, 0.2) is 40.1 Å². The van der Waals surface area contributed by atoms with E-state index in [1.54, 1.807) is 23.1 Å². The van der Waals surface area contributed by atoms with Gasteiger partial charge in [0.2, 0.25) is 5.91 Å². The SMILES string of the molecule is COc1ccc2cnn(CC(=O)N3CC4CC(C3)c3ccc([N+](=O)[O-])c(=O)n3C4)c(=O)c2c1OC. The number of rotatable bonds is 5. The number of benzene rings is 1. The molecule has 2 atom stereocenters. The quantitative estimate of drug-likeness (QED) is 0.390. The summed E-state index contributed by atoms with van der Waals surface area (Å²) in [7, 11) is 2.92. The number of fused-ring (bicyclic) bond motifs is 5. The molecule has 2 aromatic heterocycles. The maximum atomic E-state index is 13.2. The number of pyridine rings is 1. The zero-order valence-corrected chi connectivity index (χ0v) is 19.2. The van der Waals surface area contributed by atoms with Crippen LogP contribution in [-0.2, 0) is 17.9 Å². The van der Waals surface area contributed by atoms with Crippen LogP contribution in [0.2, 0.25) is 0 Å². The lowest BCUT2D eigenvalue weighted by Crippen LogP contribution is -2.50. The number of carbonyl (C=O) groups is 1. The molecule has 0 saturated carbocycles. The number of carbonyl (C=O) groups excluding carboxylic acids is 1. The van der Waals surface area contributed by atoms with Crippen molar-refractivity contribution in [2.75, 3.05) is 27.3 Å². The molecule has 1 aromatic carbocycles. The Hall–Kier alpha value is -4.22. The fourth-order valence-electron chi connectivity index (χ4n) is 5.20. The number of aromatic nitrogens is 3. The Morgan fingerprint density at radius 2 is 1.91 bits per heavy atom. The Labute approximate surface area is 198 Å². The number of likely N-dealkylation sites (tertiary alicyclic amines) is 1. The summed E-state index contributed by atoms with van der Waals surface area (Å²) >= 11 is 0. The second-order valence-corrected chi connectivity index (χ2v) is 8.79. The molecule has 0 N–H and O–H groups in total. The van der Waals surface area contributed by atoms with Gasteiger partial charge in [-0.05, 0) is 30.5 Å². The lowest BCUT2D eigenvalue weighted by Gasteiger charge is -2.42. The Kier molecular flexibility index (Phi) is 5.50. The van der Waals surface area contributed by atoms with Crippen LogP contribution in [0.4, 0.5) is 5.69 Å². The summed E-state index contributed by atoms with van der Waals surface area (Å²) in [5.74, 6) is 0.274. The number of hydrogen-bond donors (Lipinski definition) is 0. The van der Waals surface area contributed by atoms with Crippen LogP contribution < -0.4 is 20.6 Å². The van der Waals surface area contributed by atoms with Gasteiger partial charge < -0.3 is 18.9 Å². The average Bonchev–Trinajstić information content (AvgIpc) is 2.85. The first-order valence-electron chi connectivity index (χ1n) is 11.1. The summed E-state index contributed by atoms with van der Waals surface area (Å²) < 4.78 is 13.3. The third kappa shape index (κ3) is 3.70. The number of amides is 1. The molecule has 12 heteroatoms. The predicted octanol–water partition coefficient (Wildman–Crippen LogP) is 1.13. The minimum absolute atomic E-state index is 0.0180. The van der Waals surface area contributed by atoms with Crippen molar-refractivity contribution in [3.63, 3.8) is 0 Å². The van der Waals surface area contributed by atoms with Gasteiger partial charge in [-0.15, -0.1) is 0 Å². The van der Waals surface area contributed by atoms with Crippen LogP contribution in [0, 0.1) is 16.0 Å². The van der Waals surface area contributed by atoms with E-state index in [2.05, 4.69) is 5.10 Å². The molecule has 12 nitrogen and oxygen atoms in total. The van der Waals surface area contributed by atoms with Crippen molar-refractivity contribution in [2.45, 2.75) is 25.4 Å². The van der Waals surface area contributed by atoms with Crippen molar-refractivity contribution in [2.24, 2.45) is 5.92 Å². The van der Waals surface area contributed by atoms with Crippen molar-refractivity contribution in [3.8, 4) is 11.5 Å². The highest BCUT2D eigenvalue weighted by Crippen LogP contribution is 2.36. The van der Waals surface area contributed by atoms with Gasteiger partial charge >= 0.3 is 11.2 Å². The first-order chi connectivity index (χ1) is 16.8. The smallest absolute Gasteiger partial charge is 0.334 e. The number of piperidine rings is 1. The first-order valence-corrected chi connectivity index (χ1v) is 11.1. The van der Waals surface area contributed by atoms with Crippen LogP contribution in [0.1, 0.15) is 18.0 Å². The minimum Gasteiger partial charge on any atom is -0.493 e. The number of nitro groups is 1. The second kappa shape index (κ2) is 8.53. The Bertz CT molecular complexity index is 1480. The molecule has 4 heterocycles. The molecule has 2 unspecified atom stereocenters. The van der Waals surface area contributed by atoms with Gasteiger partial charge in [-0.3, -0.25) is 24.5 Å². The molecule has 182 valence electrons. The van der Waals surface area contributed by atoms with Crippen LogP contribution in [0.3, 0.4) is 0 Å². The Morgan fingerprint density at radius 1 is 1.11 bits per heavy atom. The van der Waals surface area contributed by atoms with Gasteiger partial charge in [-0.25, -0.2) is 4.68 Å². The van der Waals surface area contributed by atoms with Gasteiger partial charge in [-0.1, -0.05) is 0 Å². The van der Waals surface area contributed by atoms with Gasteiger partial charge in [0.25, 0.3) is 5.56 Å². The molecule has 0 aliphatic carbocycles. The van der Waals surface area contributed by atoms with Gasteiger partial charge in [0, 0.05) is 42.7 Å². The average molecular weight is 481 g/mol. The molecular formula is C23H23N5O7. The van der Waals surface area contributed by atoms with Gasteiger partial charge in [0.1, 0.15) is 6.54 Å². The van der Waals surface area contributed by atoms with Crippen molar-refractivity contribution in [1.82, 2.24) is 19.2 Å². The molecule has 0 spiro atoms. The molecule has 2 bridgehead atoms. The highest BCUT2D eigenvalue weighted by Gasteiger charge is 2.37. The van der Waals surface area contributed by atoms with E-state index >= 15 is 0 Å². The maximum Gasteiger partial charge on any atom is 0.334 e. The van der Waals surface area contributed by atoms with Crippen molar-refractivity contribution < 1.29 is 19.2 Å². The van der Waals surface area contributed by atoms with E-state index in [0.29, 0.717) is 36.5 Å². The normalized spacial score (nSPS) is 18.7. The molecule has 1 amide bonds. The fraction of sp³-hybridized carbons (Fsp3) is 0.391. The molecule has 2 aliphatic rings. The predicted molar refractivity (Wildman–Crippen MR) is 124 cm³/mol. The number of hydrogen-bond acceptors (Lipinski definition) is 8. The van der Waals surface area contributed by atoms with Crippen LogP contribution in [-0.4, -0.2) is 57.4 Å². The summed E-state index contributed by atoms with van der Waals surface area (Å²) in [6.07, 6.45) is 2.29. The van der Waals surface area contributed by atoms with E-state index in [1.165, 1.54) is 31.0 Å². The van der Waals surface area contributed by atoms with E-state index < -0.39 is 21.7 Å². The number of nitrogens with zero attached hydrogens (tertiary/aromatic N) is 5. The molecular weight excluding hydrogens is 458 g/mol. The summed E-state index contributed by atoms with van der Waals surface area (Å²) in [5, 5.41) is 16.2. The highest BCUT2D eigenvalue weighted by molar-refractivity contribution is 5.89. The molecule has 1 fully saturated rings. The van der Waals surface area contributed by atoms with Crippen LogP contribution in [0.5, 0.6) is 11.5 Å². The molecule has 5 rings (SSSR count). The monoisotopic (exact) mass is 481 g/mol. The molecule has 0 radical (unpaired) electrons.